The summed E-state index contributed by atoms with van der Waals surface area (Å²) in [6, 6.07) is 2.17. The SMILES string of the molecule is CCc1cc(Cn2c(CNCCOC)cnc2C)n(C)n1. The largest absolute Gasteiger partial charge is 0.383 e. The van der Waals surface area contributed by atoms with Gasteiger partial charge in [-0.15, -0.1) is 0 Å². The maximum Gasteiger partial charge on any atom is 0.106 e. The van der Waals surface area contributed by atoms with E-state index in [0.29, 0.717) is 6.61 Å². The first-order valence-electron chi connectivity index (χ1n) is 7.38. The third-order valence-electron chi connectivity index (χ3n) is 3.64. The molecule has 0 aliphatic heterocycles. The lowest BCUT2D eigenvalue weighted by Crippen LogP contribution is -2.21. The molecule has 0 bridgehead atoms. The fourth-order valence-corrected chi connectivity index (χ4v) is 2.32. The second kappa shape index (κ2) is 7.38. The van der Waals surface area contributed by atoms with E-state index in [9.17, 15) is 0 Å². The molecule has 0 aliphatic rings. The van der Waals surface area contributed by atoms with Crippen molar-refractivity contribution in [3.05, 3.63) is 35.2 Å². The lowest BCUT2D eigenvalue weighted by atomic mass is 10.3. The number of aromatic nitrogens is 4. The highest BCUT2D eigenvalue weighted by atomic mass is 16.5. The summed E-state index contributed by atoms with van der Waals surface area (Å²) in [5.74, 6) is 1.03. The molecule has 0 amide bonds. The minimum atomic E-state index is 0.717. The van der Waals surface area contributed by atoms with E-state index < -0.39 is 0 Å². The van der Waals surface area contributed by atoms with Crippen molar-refractivity contribution in [3.63, 3.8) is 0 Å². The van der Waals surface area contributed by atoms with Crippen LogP contribution in [0.4, 0.5) is 0 Å². The average molecular weight is 291 g/mol. The molecule has 21 heavy (non-hydrogen) atoms. The second-order valence-electron chi connectivity index (χ2n) is 5.16. The van der Waals surface area contributed by atoms with Gasteiger partial charge in [0.25, 0.3) is 0 Å². The first-order valence-corrected chi connectivity index (χ1v) is 7.38. The fourth-order valence-electron chi connectivity index (χ4n) is 2.32. The van der Waals surface area contributed by atoms with Gasteiger partial charge in [-0.3, -0.25) is 4.68 Å². The van der Waals surface area contributed by atoms with E-state index in [1.807, 2.05) is 24.9 Å². The molecule has 2 aromatic heterocycles. The lowest BCUT2D eigenvalue weighted by Gasteiger charge is -2.11. The predicted octanol–water partition coefficient (Wildman–Crippen LogP) is 1.27. The van der Waals surface area contributed by atoms with Gasteiger partial charge in [0.1, 0.15) is 5.82 Å². The Labute approximate surface area is 126 Å². The average Bonchev–Trinajstić information content (AvgIpc) is 3.00. The smallest absolute Gasteiger partial charge is 0.106 e. The van der Waals surface area contributed by atoms with Crippen LogP contribution in [0.5, 0.6) is 0 Å². The highest BCUT2D eigenvalue weighted by Gasteiger charge is 2.10. The number of nitrogens with zero attached hydrogens (tertiary/aromatic N) is 4. The number of nitrogens with one attached hydrogen (secondary N) is 1. The van der Waals surface area contributed by atoms with Crippen LogP contribution in [-0.4, -0.2) is 39.6 Å². The van der Waals surface area contributed by atoms with Crippen LogP contribution < -0.4 is 5.32 Å². The summed E-state index contributed by atoms with van der Waals surface area (Å²) < 4.78 is 9.24. The van der Waals surface area contributed by atoms with Gasteiger partial charge in [-0.25, -0.2) is 4.98 Å². The van der Waals surface area contributed by atoms with Crippen molar-refractivity contribution in [1.82, 2.24) is 24.6 Å². The minimum Gasteiger partial charge on any atom is -0.383 e. The van der Waals surface area contributed by atoms with Crippen LogP contribution in [0, 0.1) is 6.92 Å². The van der Waals surface area contributed by atoms with E-state index in [2.05, 4.69) is 33.0 Å². The van der Waals surface area contributed by atoms with Gasteiger partial charge < -0.3 is 14.6 Å². The van der Waals surface area contributed by atoms with E-state index in [0.717, 1.165) is 37.6 Å². The molecule has 0 unspecified atom stereocenters. The second-order valence-corrected chi connectivity index (χ2v) is 5.16. The first kappa shape index (κ1) is 15.7. The maximum atomic E-state index is 5.05. The van der Waals surface area contributed by atoms with Gasteiger partial charge in [-0.05, 0) is 19.4 Å². The van der Waals surface area contributed by atoms with Crippen molar-refractivity contribution < 1.29 is 4.74 Å². The van der Waals surface area contributed by atoms with E-state index in [-0.39, 0.29) is 0 Å². The van der Waals surface area contributed by atoms with Gasteiger partial charge in [0.2, 0.25) is 0 Å². The summed E-state index contributed by atoms with van der Waals surface area (Å²) in [7, 11) is 3.71. The van der Waals surface area contributed by atoms with Gasteiger partial charge in [0.05, 0.1) is 30.2 Å². The highest BCUT2D eigenvalue weighted by molar-refractivity contribution is 5.14. The Hall–Kier alpha value is -1.66. The number of imidazole rings is 1. The number of ether oxygens (including phenoxy) is 1. The molecule has 0 aromatic carbocycles. The molecule has 116 valence electrons. The Bertz CT molecular complexity index is 573. The monoisotopic (exact) mass is 291 g/mol. The zero-order valence-corrected chi connectivity index (χ0v) is 13.4. The van der Waals surface area contributed by atoms with Crippen LogP contribution in [0.2, 0.25) is 0 Å². The normalized spacial score (nSPS) is 11.2. The van der Waals surface area contributed by atoms with Crippen LogP contribution in [0.25, 0.3) is 0 Å². The fraction of sp³-hybridized carbons (Fsp3) is 0.600. The number of hydrogen-bond acceptors (Lipinski definition) is 4. The zero-order valence-electron chi connectivity index (χ0n) is 13.4. The Balaban J connectivity index is 2.08. The van der Waals surface area contributed by atoms with E-state index in [1.165, 1.54) is 11.4 Å². The molecule has 0 saturated carbocycles. The zero-order chi connectivity index (χ0) is 15.2. The topological polar surface area (TPSA) is 56.9 Å². The summed E-state index contributed by atoms with van der Waals surface area (Å²) >= 11 is 0. The van der Waals surface area contributed by atoms with E-state index in [4.69, 9.17) is 4.74 Å². The summed E-state index contributed by atoms with van der Waals surface area (Å²) in [4.78, 5) is 4.43. The quantitative estimate of drug-likeness (QED) is 0.744. The van der Waals surface area contributed by atoms with Gasteiger partial charge >= 0.3 is 0 Å². The predicted molar refractivity (Wildman–Crippen MR) is 82.2 cm³/mol. The van der Waals surface area contributed by atoms with Crippen LogP contribution in [0.15, 0.2) is 12.3 Å². The van der Waals surface area contributed by atoms with Crippen LogP contribution in [-0.2, 0) is 31.3 Å². The molecule has 2 heterocycles. The molecule has 1 N–H and O–H groups in total. The molecule has 2 rings (SSSR count). The summed E-state index contributed by atoms with van der Waals surface area (Å²) in [5, 5.41) is 7.87. The van der Waals surface area contributed by atoms with Crippen LogP contribution in [0.1, 0.15) is 29.8 Å². The Morgan fingerprint density at radius 3 is 2.81 bits per heavy atom. The molecule has 6 heteroatoms. The Kier molecular flexibility index (Phi) is 5.52. The maximum absolute atomic E-state index is 5.05. The minimum absolute atomic E-state index is 0.717. The number of aryl methyl sites for hydroxylation is 3. The standard InChI is InChI=1S/C15H25N5O/c1-5-13-8-14(19(3)18-13)11-20-12(2)17-10-15(20)9-16-6-7-21-4/h8,10,16H,5-7,9,11H2,1-4H3. The molecule has 0 aliphatic carbocycles. The molecule has 0 radical (unpaired) electrons. The van der Waals surface area contributed by atoms with Gasteiger partial charge in [-0.2, -0.15) is 5.10 Å². The van der Waals surface area contributed by atoms with Crippen molar-refractivity contribution in [2.24, 2.45) is 7.05 Å². The highest BCUT2D eigenvalue weighted by Crippen LogP contribution is 2.11. The van der Waals surface area contributed by atoms with Crippen LogP contribution in [0.3, 0.4) is 0 Å². The molecule has 0 saturated heterocycles. The van der Waals surface area contributed by atoms with Gasteiger partial charge in [0.15, 0.2) is 0 Å². The van der Waals surface area contributed by atoms with E-state index >= 15 is 0 Å². The molecule has 2 aromatic rings. The molecular weight excluding hydrogens is 266 g/mol. The van der Waals surface area contributed by atoms with Gasteiger partial charge in [0, 0.05) is 33.4 Å². The number of rotatable bonds is 8. The van der Waals surface area contributed by atoms with Crippen molar-refractivity contribution >= 4 is 0 Å². The van der Waals surface area contributed by atoms with Crippen LogP contribution >= 0.6 is 0 Å². The molecule has 0 spiro atoms. The third kappa shape index (κ3) is 3.92. The summed E-state index contributed by atoms with van der Waals surface area (Å²) in [5.41, 5.74) is 3.51. The summed E-state index contributed by atoms with van der Waals surface area (Å²) in [6.07, 6.45) is 2.90. The van der Waals surface area contributed by atoms with E-state index in [1.54, 1.807) is 7.11 Å². The molecular formula is C15H25N5O. The van der Waals surface area contributed by atoms with Crippen molar-refractivity contribution in [1.29, 1.82) is 0 Å². The Morgan fingerprint density at radius 1 is 1.33 bits per heavy atom. The van der Waals surface area contributed by atoms with Gasteiger partial charge in [-0.1, -0.05) is 6.92 Å². The number of hydrogen-bond donors (Lipinski definition) is 1. The lowest BCUT2D eigenvalue weighted by molar-refractivity contribution is 0.199. The Morgan fingerprint density at radius 2 is 2.14 bits per heavy atom. The molecule has 0 atom stereocenters. The third-order valence-corrected chi connectivity index (χ3v) is 3.64. The van der Waals surface area contributed by atoms with Crippen molar-refractivity contribution in [2.75, 3.05) is 20.3 Å². The van der Waals surface area contributed by atoms with Crippen molar-refractivity contribution in [3.8, 4) is 0 Å². The summed E-state index contributed by atoms with van der Waals surface area (Å²) in [6.45, 7) is 7.32. The molecule has 6 nitrogen and oxygen atoms in total. The number of methoxy groups -OCH3 is 1. The first-order chi connectivity index (χ1) is 10.2. The molecule has 0 fully saturated rings. The van der Waals surface area contributed by atoms with Crippen molar-refractivity contribution in [2.45, 2.75) is 33.4 Å².